The highest BCUT2D eigenvalue weighted by atomic mass is 32.2. The largest absolute Gasteiger partial charge is 0.326 e. The lowest BCUT2D eigenvalue weighted by Gasteiger charge is -2.12. The molecule has 2 amide bonds. The molecule has 2 aromatic carbocycles. The fraction of sp³-hybridized carbons (Fsp3) is 0.222. The zero-order valence-corrected chi connectivity index (χ0v) is 15.0. The second kappa shape index (κ2) is 7.17. The zero-order chi connectivity index (χ0) is 18.7. The number of hydrogen-bond donors (Lipinski definition) is 3. The number of amides is 2. The molecule has 1 heterocycles. The van der Waals surface area contributed by atoms with Gasteiger partial charge >= 0.3 is 0 Å². The maximum Gasteiger partial charge on any atom is 0.261 e. The Kier molecular flexibility index (Phi) is 4.94. The fourth-order valence-corrected chi connectivity index (χ4v) is 3.87. The summed E-state index contributed by atoms with van der Waals surface area (Å²) < 4.78 is 27.8. The van der Waals surface area contributed by atoms with Crippen molar-refractivity contribution in [3.05, 3.63) is 48.0 Å². The molecule has 2 aromatic rings. The van der Waals surface area contributed by atoms with Crippen LogP contribution in [0.3, 0.4) is 0 Å². The predicted molar refractivity (Wildman–Crippen MR) is 99.6 cm³/mol. The SMILES string of the molecule is CC(=O)Nc1ccc(NS(=O)(=O)c2ccc3c(c2)CCCC(=O)N3)cc1. The highest BCUT2D eigenvalue weighted by Gasteiger charge is 2.19. The molecule has 0 spiro atoms. The molecule has 7 nitrogen and oxygen atoms in total. The van der Waals surface area contributed by atoms with E-state index in [0.29, 0.717) is 36.3 Å². The number of anilines is 3. The first-order valence-electron chi connectivity index (χ1n) is 8.17. The molecule has 0 aliphatic carbocycles. The van der Waals surface area contributed by atoms with E-state index in [-0.39, 0.29) is 16.7 Å². The van der Waals surface area contributed by atoms with Crippen LogP contribution >= 0.6 is 0 Å². The summed E-state index contributed by atoms with van der Waals surface area (Å²) in [5, 5.41) is 5.40. The van der Waals surface area contributed by atoms with Crippen molar-refractivity contribution in [1.29, 1.82) is 0 Å². The third-order valence-electron chi connectivity index (χ3n) is 3.97. The van der Waals surface area contributed by atoms with Gasteiger partial charge in [0.25, 0.3) is 10.0 Å². The lowest BCUT2D eigenvalue weighted by atomic mass is 10.1. The van der Waals surface area contributed by atoms with Crippen LogP contribution < -0.4 is 15.4 Å². The van der Waals surface area contributed by atoms with Crippen LogP contribution in [-0.2, 0) is 26.0 Å². The zero-order valence-electron chi connectivity index (χ0n) is 14.2. The molecule has 0 saturated carbocycles. The number of benzene rings is 2. The van der Waals surface area contributed by atoms with Gasteiger partial charge in [0.1, 0.15) is 0 Å². The van der Waals surface area contributed by atoms with Gasteiger partial charge in [0.15, 0.2) is 0 Å². The van der Waals surface area contributed by atoms with Crippen molar-refractivity contribution in [3.8, 4) is 0 Å². The van der Waals surface area contributed by atoms with E-state index in [2.05, 4.69) is 15.4 Å². The highest BCUT2D eigenvalue weighted by Crippen LogP contribution is 2.26. The maximum atomic E-state index is 12.6. The number of rotatable bonds is 4. The molecule has 0 bridgehead atoms. The van der Waals surface area contributed by atoms with Crippen molar-refractivity contribution < 1.29 is 18.0 Å². The van der Waals surface area contributed by atoms with Crippen LogP contribution in [0.5, 0.6) is 0 Å². The Labute approximate surface area is 151 Å². The topological polar surface area (TPSA) is 104 Å². The summed E-state index contributed by atoms with van der Waals surface area (Å²) in [6.07, 6.45) is 1.75. The summed E-state index contributed by atoms with van der Waals surface area (Å²) in [7, 11) is -3.76. The lowest BCUT2D eigenvalue weighted by Crippen LogP contribution is -2.14. The van der Waals surface area contributed by atoms with Crippen molar-refractivity contribution in [1.82, 2.24) is 0 Å². The first kappa shape index (κ1) is 17.9. The van der Waals surface area contributed by atoms with Gasteiger partial charge in [0.05, 0.1) is 4.90 Å². The molecule has 8 heteroatoms. The van der Waals surface area contributed by atoms with Crippen molar-refractivity contribution >= 4 is 38.9 Å². The monoisotopic (exact) mass is 373 g/mol. The van der Waals surface area contributed by atoms with Crippen molar-refractivity contribution in [3.63, 3.8) is 0 Å². The third-order valence-corrected chi connectivity index (χ3v) is 5.35. The Morgan fingerprint density at radius 2 is 1.73 bits per heavy atom. The number of carbonyl (C=O) groups is 2. The maximum absolute atomic E-state index is 12.6. The van der Waals surface area contributed by atoms with Gasteiger partial charge in [-0.05, 0) is 60.9 Å². The Hall–Kier alpha value is -2.87. The Balaban J connectivity index is 1.81. The third kappa shape index (κ3) is 4.20. The summed E-state index contributed by atoms with van der Waals surface area (Å²) in [4.78, 5) is 22.8. The van der Waals surface area contributed by atoms with Gasteiger partial charge in [-0.25, -0.2) is 8.42 Å². The van der Waals surface area contributed by atoms with E-state index in [1.165, 1.54) is 13.0 Å². The van der Waals surface area contributed by atoms with Crippen molar-refractivity contribution in [2.45, 2.75) is 31.1 Å². The molecule has 136 valence electrons. The number of fused-ring (bicyclic) bond motifs is 1. The highest BCUT2D eigenvalue weighted by molar-refractivity contribution is 7.92. The molecule has 0 unspecified atom stereocenters. The summed E-state index contributed by atoms with van der Waals surface area (Å²) in [6, 6.07) is 11.1. The van der Waals surface area contributed by atoms with Gasteiger partial charge in [-0.3, -0.25) is 14.3 Å². The minimum Gasteiger partial charge on any atom is -0.326 e. The van der Waals surface area contributed by atoms with Gasteiger partial charge < -0.3 is 10.6 Å². The predicted octanol–water partition coefficient (Wildman–Crippen LogP) is 2.72. The number of carbonyl (C=O) groups excluding carboxylic acids is 2. The van der Waals surface area contributed by atoms with E-state index in [9.17, 15) is 18.0 Å². The van der Waals surface area contributed by atoms with E-state index in [1.807, 2.05) is 0 Å². The molecule has 1 aliphatic heterocycles. The summed E-state index contributed by atoms with van der Waals surface area (Å²) in [5.41, 5.74) is 2.44. The van der Waals surface area contributed by atoms with Crippen LogP contribution in [0.2, 0.25) is 0 Å². The summed E-state index contributed by atoms with van der Waals surface area (Å²) >= 11 is 0. The van der Waals surface area contributed by atoms with E-state index >= 15 is 0 Å². The first-order valence-corrected chi connectivity index (χ1v) is 9.65. The minimum atomic E-state index is -3.76. The lowest BCUT2D eigenvalue weighted by molar-refractivity contribution is -0.116. The first-order chi connectivity index (χ1) is 12.3. The van der Waals surface area contributed by atoms with Crippen LogP contribution in [0.25, 0.3) is 0 Å². The normalized spacial score (nSPS) is 14.0. The molecular weight excluding hydrogens is 354 g/mol. The van der Waals surface area contributed by atoms with Crippen molar-refractivity contribution in [2.75, 3.05) is 15.4 Å². The molecule has 0 saturated heterocycles. The molecule has 3 N–H and O–H groups in total. The van der Waals surface area contributed by atoms with Gasteiger partial charge in [-0.2, -0.15) is 0 Å². The second-order valence-electron chi connectivity index (χ2n) is 6.08. The van der Waals surface area contributed by atoms with Gasteiger partial charge in [-0.15, -0.1) is 0 Å². The van der Waals surface area contributed by atoms with Crippen LogP contribution in [0.4, 0.5) is 17.1 Å². The average Bonchev–Trinajstić information content (AvgIpc) is 2.75. The Morgan fingerprint density at radius 1 is 1.04 bits per heavy atom. The number of sulfonamides is 1. The minimum absolute atomic E-state index is 0.0586. The van der Waals surface area contributed by atoms with Crippen molar-refractivity contribution in [2.24, 2.45) is 0 Å². The van der Waals surface area contributed by atoms with E-state index in [4.69, 9.17) is 0 Å². The Morgan fingerprint density at radius 3 is 2.42 bits per heavy atom. The van der Waals surface area contributed by atoms with Crippen LogP contribution in [0.15, 0.2) is 47.4 Å². The molecule has 26 heavy (non-hydrogen) atoms. The molecular formula is C18H19N3O4S. The number of nitrogens with one attached hydrogen (secondary N) is 3. The smallest absolute Gasteiger partial charge is 0.261 e. The average molecular weight is 373 g/mol. The van der Waals surface area contributed by atoms with Gasteiger partial charge in [0.2, 0.25) is 11.8 Å². The quantitative estimate of drug-likeness (QED) is 0.766. The molecule has 1 aliphatic rings. The molecule has 0 aromatic heterocycles. The van der Waals surface area contributed by atoms with E-state index in [1.54, 1.807) is 36.4 Å². The van der Waals surface area contributed by atoms with Crippen LogP contribution in [-0.4, -0.2) is 20.2 Å². The van der Waals surface area contributed by atoms with Crippen LogP contribution in [0.1, 0.15) is 25.3 Å². The molecule has 0 fully saturated rings. The number of aryl methyl sites for hydroxylation is 1. The fourth-order valence-electron chi connectivity index (χ4n) is 2.76. The van der Waals surface area contributed by atoms with E-state index < -0.39 is 10.0 Å². The molecule has 0 radical (unpaired) electrons. The molecule has 0 atom stereocenters. The second-order valence-corrected chi connectivity index (χ2v) is 7.77. The summed E-state index contributed by atoms with van der Waals surface area (Å²) in [6.45, 7) is 1.40. The van der Waals surface area contributed by atoms with Gasteiger partial charge in [-0.1, -0.05) is 0 Å². The van der Waals surface area contributed by atoms with E-state index in [0.717, 1.165) is 5.56 Å². The van der Waals surface area contributed by atoms with Crippen LogP contribution in [0, 0.1) is 0 Å². The van der Waals surface area contributed by atoms with Gasteiger partial charge in [0, 0.05) is 30.4 Å². The Bertz CT molecular complexity index is 953. The molecule has 3 rings (SSSR count). The number of hydrogen-bond acceptors (Lipinski definition) is 4. The summed E-state index contributed by atoms with van der Waals surface area (Å²) in [5.74, 6) is -0.257. The standard InChI is InChI=1S/C18H19N3O4S/c1-12(22)19-14-5-7-15(8-6-14)21-26(24,25)16-9-10-17-13(11-16)3-2-4-18(23)20-17/h5-11,21H,2-4H2,1H3,(H,19,22)(H,20,23).